The van der Waals surface area contributed by atoms with Gasteiger partial charge in [-0.2, -0.15) is 25.3 Å². The summed E-state index contributed by atoms with van der Waals surface area (Å²) < 4.78 is -1.78. The highest BCUT2D eigenvalue weighted by molar-refractivity contribution is 7.82. The molecule has 19 heavy (non-hydrogen) atoms. The SMILES string of the molecule is CC(C)(S)C(=O)O.CC(C)(S)C(=O)O.CC(O)CO. The van der Waals surface area contributed by atoms with Crippen LogP contribution in [0.15, 0.2) is 0 Å². The van der Waals surface area contributed by atoms with Crippen LogP contribution in [-0.2, 0) is 9.59 Å². The van der Waals surface area contributed by atoms with E-state index < -0.39 is 27.5 Å². The lowest BCUT2D eigenvalue weighted by atomic mass is 10.2. The highest BCUT2D eigenvalue weighted by Crippen LogP contribution is 2.10. The zero-order valence-electron chi connectivity index (χ0n) is 11.8. The third kappa shape index (κ3) is 23.1. The zero-order valence-corrected chi connectivity index (χ0v) is 13.6. The Bertz CT molecular complexity index is 241. The topological polar surface area (TPSA) is 115 Å². The van der Waals surface area contributed by atoms with Gasteiger partial charge in [0.2, 0.25) is 0 Å². The van der Waals surface area contributed by atoms with Crippen molar-refractivity contribution < 1.29 is 30.0 Å². The minimum Gasteiger partial charge on any atom is -0.480 e. The number of carboxylic acids is 2. The second-order valence-electron chi connectivity index (χ2n) is 4.76. The lowest BCUT2D eigenvalue weighted by Gasteiger charge is -2.07. The van der Waals surface area contributed by atoms with Gasteiger partial charge in [0.05, 0.1) is 12.7 Å². The molecule has 0 aromatic heterocycles. The van der Waals surface area contributed by atoms with E-state index in [9.17, 15) is 9.59 Å². The number of thiol groups is 2. The van der Waals surface area contributed by atoms with E-state index in [1.165, 1.54) is 34.6 Å². The van der Waals surface area contributed by atoms with E-state index in [0.717, 1.165) is 0 Å². The van der Waals surface area contributed by atoms with Crippen molar-refractivity contribution in [1.82, 2.24) is 0 Å². The predicted molar refractivity (Wildman–Crippen MR) is 80.2 cm³/mol. The highest BCUT2D eigenvalue weighted by atomic mass is 32.1. The molecule has 0 bridgehead atoms. The normalized spacial score (nSPS) is 12.3. The fourth-order valence-corrected chi connectivity index (χ4v) is 0. The molecule has 0 radical (unpaired) electrons. The molecule has 6 nitrogen and oxygen atoms in total. The molecule has 0 amide bonds. The van der Waals surface area contributed by atoms with Gasteiger partial charge in [-0.15, -0.1) is 0 Å². The van der Waals surface area contributed by atoms with Crippen LogP contribution in [0.2, 0.25) is 0 Å². The van der Waals surface area contributed by atoms with E-state index in [0.29, 0.717) is 0 Å². The molecule has 0 aliphatic carbocycles. The molecule has 1 unspecified atom stereocenters. The molecular weight excluding hydrogens is 292 g/mol. The molecule has 0 aliphatic rings. The molecule has 0 saturated carbocycles. The van der Waals surface area contributed by atoms with Gasteiger partial charge in [-0.1, -0.05) is 0 Å². The van der Waals surface area contributed by atoms with Gasteiger partial charge in [-0.05, 0) is 34.6 Å². The Kier molecular flexibility index (Phi) is 12.9. The molecule has 8 heteroatoms. The van der Waals surface area contributed by atoms with E-state index in [2.05, 4.69) is 25.3 Å². The van der Waals surface area contributed by atoms with Crippen molar-refractivity contribution in [2.24, 2.45) is 0 Å². The van der Waals surface area contributed by atoms with Crippen LogP contribution in [0, 0.1) is 0 Å². The van der Waals surface area contributed by atoms with E-state index in [4.69, 9.17) is 20.4 Å². The molecule has 116 valence electrons. The number of aliphatic hydroxyl groups excluding tert-OH is 2. The van der Waals surface area contributed by atoms with E-state index in [-0.39, 0.29) is 6.61 Å². The average Bonchev–Trinajstić information content (AvgIpc) is 2.16. The number of hydrogen-bond donors (Lipinski definition) is 6. The first-order valence-corrected chi connectivity index (χ1v) is 6.26. The van der Waals surface area contributed by atoms with Crippen LogP contribution in [0.3, 0.4) is 0 Å². The molecule has 1 atom stereocenters. The number of aliphatic hydroxyl groups is 2. The first-order valence-electron chi connectivity index (χ1n) is 5.36. The zero-order chi connectivity index (χ0) is 16.4. The summed E-state index contributed by atoms with van der Waals surface area (Å²) in [6.07, 6.45) is -0.560. The maximum atomic E-state index is 9.94. The van der Waals surface area contributed by atoms with Crippen molar-refractivity contribution >= 4 is 37.2 Å². The Labute approximate surface area is 124 Å². The van der Waals surface area contributed by atoms with E-state index >= 15 is 0 Å². The van der Waals surface area contributed by atoms with Gasteiger partial charge in [0.25, 0.3) is 0 Å². The van der Waals surface area contributed by atoms with Crippen molar-refractivity contribution in [2.45, 2.75) is 50.2 Å². The van der Waals surface area contributed by atoms with Crippen molar-refractivity contribution in [3.63, 3.8) is 0 Å². The van der Waals surface area contributed by atoms with Gasteiger partial charge in [0.1, 0.15) is 9.49 Å². The van der Waals surface area contributed by atoms with Crippen molar-refractivity contribution in [1.29, 1.82) is 0 Å². The van der Waals surface area contributed by atoms with Gasteiger partial charge in [0.15, 0.2) is 0 Å². The molecule has 0 spiro atoms. The fraction of sp³-hybridized carbons (Fsp3) is 0.818. The number of hydrogen-bond acceptors (Lipinski definition) is 6. The van der Waals surface area contributed by atoms with Crippen LogP contribution in [0.5, 0.6) is 0 Å². The number of carbonyl (C=O) groups is 2. The summed E-state index contributed by atoms with van der Waals surface area (Å²) in [7, 11) is 0. The molecule has 0 aromatic carbocycles. The Morgan fingerprint density at radius 2 is 1.11 bits per heavy atom. The lowest BCUT2D eigenvalue weighted by molar-refractivity contribution is -0.139. The van der Waals surface area contributed by atoms with Gasteiger partial charge in [0, 0.05) is 0 Å². The van der Waals surface area contributed by atoms with Crippen LogP contribution in [0.25, 0.3) is 0 Å². The number of rotatable bonds is 3. The molecule has 0 saturated heterocycles. The molecular formula is C11H24O6S2. The summed E-state index contributed by atoms with van der Waals surface area (Å²) in [5.74, 6) is -1.79. The lowest BCUT2D eigenvalue weighted by Crippen LogP contribution is -2.23. The minimum atomic E-state index is -0.893. The Morgan fingerprint density at radius 3 is 1.11 bits per heavy atom. The van der Waals surface area contributed by atoms with Gasteiger partial charge in [-0.25, -0.2) is 0 Å². The van der Waals surface area contributed by atoms with Crippen molar-refractivity contribution in [3.8, 4) is 0 Å². The second kappa shape index (κ2) is 10.4. The monoisotopic (exact) mass is 316 g/mol. The third-order valence-electron chi connectivity index (χ3n) is 1.31. The second-order valence-corrected chi connectivity index (χ2v) is 7.00. The summed E-state index contributed by atoms with van der Waals surface area (Å²) in [6.45, 7) is 7.49. The smallest absolute Gasteiger partial charge is 0.318 e. The molecule has 0 rings (SSSR count). The summed E-state index contributed by atoms with van der Waals surface area (Å²) in [4.78, 5) is 19.9. The highest BCUT2D eigenvalue weighted by Gasteiger charge is 2.20. The maximum absolute atomic E-state index is 9.94. The summed E-state index contributed by atoms with van der Waals surface area (Å²) >= 11 is 7.50. The van der Waals surface area contributed by atoms with Crippen LogP contribution in [-0.4, -0.2) is 54.6 Å². The van der Waals surface area contributed by atoms with E-state index in [1.807, 2.05) is 0 Å². The first-order chi connectivity index (χ1) is 8.16. The van der Waals surface area contributed by atoms with Crippen LogP contribution < -0.4 is 0 Å². The summed E-state index contributed by atoms with van der Waals surface area (Å²) in [5, 5.41) is 32.4. The Balaban J connectivity index is -0.000000206. The van der Waals surface area contributed by atoms with Crippen LogP contribution >= 0.6 is 25.3 Å². The number of aliphatic carboxylic acids is 2. The van der Waals surface area contributed by atoms with Gasteiger partial charge in [-0.3, -0.25) is 9.59 Å². The Hall–Kier alpha value is -0.440. The van der Waals surface area contributed by atoms with E-state index in [1.54, 1.807) is 0 Å². The van der Waals surface area contributed by atoms with Crippen molar-refractivity contribution in [3.05, 3.63) is 0 Å². The standard InChI is InChI=1S/2C4H8O2S.C3H8O2/c2*1-4(2,7)3(5)6;1-3(5)2-4/h2*7H,1-2H3,(H,5,6);3-5H,2H2,1H3. The maximum Gasteiger partial charge on any atom is 0.318 e. The largest absolute Gasteiger partial charge is 0.480 e. The number of carboxylic acid groups (broad SMARTS) is 2. The minimum absolute atomic E-state index is 0.139. The van der Waals surface area contributed by atoms with Crippen LogP contribution in [0.1, 0.15) is 34.6 Å². The van der Waals surface area contributed by atoms with Crippen LogP contribution in [0.4, 0.5) is 0 Å². The third-order valence-corrected chi connectivity index (χ3v) is 1.69. The van der Waals surface area contributed by atoms with Crippen molar-refractivity contribution in [2.75, 3.05) is 6.61 Å². The first kappa shape index (κ1) is 23.6. The summed E-state index contributed by atoms with van der Waals surface area (Å²) in [6, 6.07) is 0. The summed E-state index contributed by atoms with van der Waals surface area (Å²) in [5.41, 5.74) is 0. The quantitative estimate of drug-likeness (QED) is 0.431. The molecule has 0 aliphatic heterocycles. The van der Waals surface area contributed by atoms with Gasteiger partial charge < -0.3 is 20.4 Å². The molecule has 4 N–H and O–H groups in total. The molecule has 0 heterocycles. The fourth-order valence-electron chi connectivity index (χ4n) is 0. The average molecular weight is 316 g/mol. The van der Waals surface area contributed by atoms with Gasteiger partial charge >= 0.3 is 11.9 Å². The Morgan fingerprint density at radius 1 is 1.00 bits per heavy atom. The molecule has 0 fully saturated rings. The molecule has 0 aromatic rings. The predicted octanol–water partition coefficient (Wildman–Crippen LogP) is 0.918.